The summed E-state index contributed by atoms with van der Waals surface area (Å²) in [6, 6.07) is 10.0. The first-order valence-corrected chi connectivity index (χ1v) is 11.2. The van der Waals surface area contributed by atoms with E-state index < -0.39 is 0 Å². The Bertz CT molecular complexity index is 1030. The van der Waals surface area contributed by atoms with Gasteiger partial charge in [0, 0.05) is 42.9 Å². The molecule has 8 heteroatoms. The van der Waals surface area contributed by atoms with Crippen molar-refractivity contribution in [3.05, 3.63) is 58.4 Å². The van der Waals surface area contributed by atoms with Crippen LogP contribution in [0.25, 0.3) is 0 Å². The van der Waals surface area contributed by atoms with Gasteiger partial charge in [0.05, 0.1) is 17.9 Å². The molecular formula is C22H28N6OS. The zero-order valence-electron chi connectivity index (χ0n) is 17.8. The van der Waals surface area contributed by atoms with Gasteiger partial charge in [-0.3, -0.25) is 4.68 Å². The van der Waals surface area contributed by atoms with Crippen molar-refractivity contribution in [3.63, 3.8) is 0 Å². The molecular weight excluding hydrogens is 396 g/mol. The van der Waals surface area contributed by atoms with Crippen LogP contribution in [-0.2, 0) is 6.54 Å². The number of anilines is 2. The highest BCUT2D eigenvalue weighted by Crippen LogP contribution is 2.22. The van der Waals surface area contributed by atoms with Crippen molar-refractivity contribution in [3.8, 4) is 0 Å². The minimum Gasteiger partial charge on any atom is -0.346 e. The molecule has 1 N–H and O–H groups in total. The van der Waals surface area contributed by atoms with Gasteiger partial charge in [-0.1, -0.05) is 12.1 Å². The van der Waals surface area contributed by atoms with E-state index in [1.807, 2.05) is 41.6 Å². The second-order valence-corrected chi connectivity index (χ2v) is 8.65. The number of hydrogen-bond acceptors (Lipinski definition) is 5. The number of benzene rings is 1. The summed E-state index contributed by atoms with van der Waals surface area (Å²) >= 11 is 1.67. The molecule has 0 saturated carbocycles. The van der Waals surface area contributed by atoms with E-state index in [0.29, 0.717) is 13.1 Å². The molecule has 0 atom stereocenters. The third-order valence-corrected chi connectivity index (χ3v) is 6.29. The van der Waals surface area contributed by atoms with Gasteiger partial charge in [0.25, 0.3) is 0 Å². The number of nitrogens with one attached hydrogen (secondary N) is 1. The van der Waals surface area contributed by atoms with Crippen LogP contribution in [0.4, 0.5) is 15.6 Å². The number of aryl methyl sites for hydroxylation is 3. The third-order valence-electron chi connectivity index (χ3n) is 5.27. The van der Waals surface area contributed by atoms with E-state index in [-0.39, 0.29) is 6.03 Å². The van der Waals surface area contributed by atoms with Crippen molar-refractivity contribution in [2.75, 3.05) is 36.4 Å². The van der Waals surface area contributed by atoms with Crippen LogP contribution < -0.4 is 10.2 Å². The molecule has 3 aromatic rings. The Labute approximate surface area is 181 Å². The Hall–Kier alpha value is -2.87. The third kappa shape index (κ3) is 4.81. The maximum absolute atomic E-state index is 12.9. The lowest BCUT2D eigenvalue weighted by atomic mass is 10.2. The summed E-state index contributed by atoms with van der Waals surface area (Å²) in [6.07, 6.45) is 0.935. The van der Waals surface area contributed by atoms with Crippen molar-refractivity contribution in [1.82, 2.24) is 19.7 Å². The van der Waals surface area contributed by atoms with Gasteiger partial charge in [-0.05, 0) is 51.0 Å². The summed E-state index contributed by atoms with van der Waals surface area (Å²) in [4.78, 5) is 21.6. The van der Waals surface area contributed by atoms with Gasteiger partial charge in [0.2, 0.25) is 0 Å². The number of thiazole rings is 1. The molecule has 0 bridgehead atoms. The number of urea groups is 1. The summed E-state index contributed by atoms with van der Waals surface area (Å²) in [5.41, 5.74) is 5.12. The number of carbonyl (C=O) groups is 1. The molecule has 2 amide bonds. The minimum absolute atomic E-state index is 0.0459. The zero-order valence-corrected chi connectivity index (χ0v) is 18.6. The molecule has 1 aromatic carbocycles. The molecule has 4 rings (SSSR count). The standard InChI is InChI=1S/C22H28N6OS/c1-16-12-18(3)28(25-16)14-19-6-4-7-20(13-19)24-21(29)26-8-5-9-27(11-10-26)22-23-17(2)15-30-22/h4,6-7,12-13,15H,5,8-11,14H2,1-3H3,(H,24,29). The van der Waals surface area contributed by atoms with Crippen LogP contribution in [0, 0.1) is 20.8 Å². The summed E-state index contributed by atoms with van der Waals surface area (Å²) in [5, 5.41) is 10.7. The van der Waals surface area contributed by atoms with Gasteiger partial charge in [0.1, 0.15) is 0 Å². The molecule has 7 nitrogen and oxygen atoms in total. The van der Waals surface area contributed by atoms with Gasteiger partial charge >= 0.3 is 6.03 Å². The number of aromatic nitrogens is 3. The maximum atomic E-state index is 12.9. The predicted molar refractivity (Wildman–Crippen MR) is 122 cm³/mol. The van der Waals surface area contributed by atoms with Crippen molar-refractivity contribution in [2.24, 2.45) is 0 Å². The highest BCUT2D eigenvalue weighted by molar-refractivity contribution is 7.13. The van der Waals surface area contributed by atoms with Crippen LogP contribution in [0.15, 0.2) is 35.7 Å². The minimum atomic E-state index is -0.0459. The normalized spacial score (nSPS) is 14.6. The molecule has 0 radical (unpaired) electrons. The molecule has 3 heterocycles. The van der Waals surface area contributed by atoms with Crippen LogP contribution in [0.3, 0.4) is 0 Å². The van der Waals surface area contributed by atoms with Crippen LogP contribution >= 0.6 is 11.3 Å². The number of nitrogens with zero attached hydrogens (tertiary/aromatic N) is 5. The highest BCUT2D eigenvalue weighted by Gasteiger charge is 2.20. The fourth-order valence-electron chi connectivity index (χ4n) is 3.76. The van der Waals surface area contributed by atoms with Crippen LogP contribution in [-0.4, -0.2) is 51.9 Å². The SMILES string of the molecule is Cc1csc(N2CCCN(C(=O)Nc3cccc(Cn4nc(C)cc4C)c3)CC2)n1. The van der Waals surface area contributed by atoms with Gasteiger partial charge in [-0.25, -0.2) is 9.78 Å². The van der Waals surface area contributed by atoms with E-state index in [1.165, 1.54) is 0 Å². The topological polar surface area (TPSA) is 66.3 Å². The quantitative estimate of drug-likeness (QED) is 0.686. The van der Waals surface area contributed by atoms with Crippen LogP contribution in [0.2, 0.25) is 0 Å². The van der Waals surface area contributed by atoms with Gasteiger partial charge < -0.3 is 15.1 Å². The number of carbonyl (C=O) groups excluding carboxylic acids is 1. The number of rotatable bonds is 4. The van der Waals surface area contributed by atoms with Crippen LogP contribution in [0.5, 0.6) is 0 Å². The number of hydrogen-bond donors (Lipinski definition) is 1. The Morgan fingerprint density at radius 3 is 2.70 bits per heavy atom. The highest BCUT2D eigenvalue weighted by atomic mass is 32.1. The first kappa shape index (κ1) is 20.4. The molecule has 30 heavy (non-hydrogen) atoms. The van der Waals surface area contributed by atoms with E-state index in [9.17, 15) is 4.79 Å². The molecule has 1 aliphatic rings. The average molecular weight is 425 g/mol. The fraction of sp³-hybridized carbons (Fsp3) is 0.409. The lowest BCUT2D eigenvalue weighted by Crippen LogP contribution is -2.38. The largest absolute Gasteiger partial charge is 0.346 e. The van der Waals surface area contributed by atoms with Crippen molar-refractivity contribution >= 4 is 28.2 Å². The summed E-state index contributed by atoms with van der Waals surface area (Å²) < 4.78 is 1.99. The van der Waals surface area contributed by atoms with E-state index in [2.05, 4.69) is 44.7 Å². The molecule has 0 unspecified atom stereocenters. The first-order valence-electron chi connectivity index (χ1n) is 10.3. The molecule has 1 fully saturated rings. The second kappa shape index (κ2) is 8.87. The van der Waals surface area contributed by atoms with Gasteiger partial charge in [0.15, 0.2) is 5.13 Å². The van der Waals surface area contributed by atoms with Crippen molar-refractivity contribution in [1.29, 1.82) is 0 Å². The summed E-state index contributed by atoms with van der Waals surface area (Å²) in [5.74, 6) is 0. The van der Waals surface area contributed by atoms with E-state index >= 15 is 0 Å². The Morgan fingerprint density at radius 1 is 1.10 bits per heavy atom. The Kier molecular flexibility index (Phi) is 6.03. The lowest BCUT2D eigenvalue weighted by molar-refractivity contribution is 0.215. The second-order valence-electron chi connectivity index (χ2n) is 7.81. The van der Waals surface area contributed by atoms with Gasteiger partial charge in [-0.2, -0.15) is 5.10 Å². The Morgan fingerprint density at radius 2 is 1.97 bits per heavy atom. The lowest BCUT2D eigenvalue weighted by Gasteiger charge is -2.22. The molecule has 2 aromatic heterocycles. The monoisotopic (exact) mass is 424 g/mol. The predicted octanol–water partition coefficient (Wildman–Crippen LogP) is 4.06. The molecule has 0 spiro atoms. The molecule has 0 aliphatic carbocycles. The number of amides is 2. The molecule has 1 saturated heterocycles. The average Bonchev–Trinajstić information content (AvgIpc) is 3.17. The van der Waals surface area contributed by atoms with Crippen molar-refractivity contribution < 1.29 is 4.79 Å². The smallest absolute Gasteiger partial charge is 0.321 e. The molecule has 158 valence electrons. The van der Waals surface area contributed by atoms with E-state index in [4.69, 9.17) is 0 Å². The summed E-state index contributed by atoms with van der Waals surface area (Å²) in [7, 11) is 0. The summed E-state index contributed by atoms with van der Waals surface area (Å²) in [6.45, 7) is 9.93. The van der Waals surface area contributed by atoms with E-state index in [1.54, 1.807) is 11.3 Å². The van der Waals surface area contributed by atoms with E-state index in [0.717, 1.165) is 59.5 Å². The van der Waals surface area contributed by atoms with Gasteiger partial charge in [-0.15, -0.1) is 11.3 Å². The maximum Gasteiger partial charge on any atom is 0.321 e. The molecule has 1 aliphatic heterocycles. The fourth-order valence-corrected chi connectivity index (χ4v) is 4.61. The zero-order chi connectivity index (χ0) is 21.1. The van der Waals surface area contributed by atoms with Crippen molar-refractivity contribution in [2.45, 2.75) is 33.7 Å². The first-order chi connectivity index (χ1) is 14.5. The van der Waals surface area contributed by atoms with Crippen LogP contribution in [0.1, 0.15) is 29.1 Å². The Balaban J connectivity index is 1.37.